The molecule has 0 aromatic heterocycles. The molecule has 1 aromatic carbocycles. The summed E-state index contributed by atoms with van der Waals surface area (Å²) in [5.74, 6) is 3.69. The van der Waals surface area contributed by atoms with Gasteiger partial charge in [-0.1, -0.05) is 45.0 Å². The molecule has 0 saturated heterocycles. The van der Waals surface area contributed by atoms with E-state index in [1.807, 2.05) is 31.2 Å². The number of nitrogens with one attached hydrogen (secondary N) is 1. The molecule has 1 heterocycles. The van der Waals surface area contributed by atoms with Crippen LogP contribution in [0.4, 0.5) is 0 Å². The summed E-state index contributed by atoms with van der Waals surface area (Å²) < 4.78 is 0. The average Bonchev–Trinajstić information content (AvgIpc) is 2.58. The Morgan fingerprint density at radius 1 is 1.26 bits per heavy atom. The number of amides is 2. The number of carbonyl (C=O) groups excluding carboxylic acids is 3. The Labute approximate surface area is 136 Å². The Hall–Kier alpha value is -2.21. The van der Waals surface area contributed by atoms with Crippen molar-refractivity contribution < 1.29 is 14.4 Å². The highest BCUT2D eigenvalue weighted by Crippen LogP contribution is 2.27. The van der Waals surface area contributed by atoms with E-state index in [4.69, 9.17) is 5.84 Å². The van der Waals surface area contributed by atoms with Gasteiger partial charge in [-0.25, -0.2) is 5.84 Å². The minimum atomic E-state index is -0.765. The van der Waals surface area contributed by atoms with Gasteiger partial charge in [0, 0.05) is 18.4 Å². The molecule has 3 N–H and O–H groups in total. The van der Waals surface area contributed by atoms with Crippen molar-refractivity contribution >= 4 is 17.6 Å². The van der Waals surface area contributed by atoms with E-state index in [0.717, 1.165) is 11.1 Å². The number of hydrazine groups is 1. The van der Waals surface area contributed by atoms with Crippen molar-refractivity contribution in [3.8, 4) is 0 Å². The van der Waals surface area contributed by atoms with Crippen molar-refractivity contribution in [1.29, 1.82) is 0 Å². The van der Waals surface area contributed by atoms with E-state index in [2.05, 4.69) is 5.43 Å². The number of nitrogens with zero attached hydrogens (tertiary/aromatic N) is 1. The van der Waals surface area contributed by atoms with Crippen molar-refractivity contribution in [2.75, 3.05) is 0 Å². The minimum absolute atomic E-state index is 0.235. The van der Waals surface area contributed by atoms with Crippen molar-refractivity contribution in [2.24, 2.45) is 11.3 Å². The van der Waals surface area contributed by atoms with Gasteiger partial charge in [-0.15, -0.1) is 0 Å². The lowest BCUT2D eigenvalue weighted by Crippen LogP contribution is -2.56. The average molecular weight is 317 g/mol. The largest absolute Gasteiger partial charge is 0.319 e. The summed E-state index contributed by atoms with van der Waals surface area (Å²) >= 11 is 0. The predicted octanol–water partition coefficient (Wildman–Crippen LogP) is 0.935. The maximum Gasteiger partial charge on any atom is 0.291 e. The fourth-order valence-corrected chi connectivity index (χ4v) is 2.65. The highest BCUT2D eigenvalue weighted by atomic mass is 16.2. The zero-order valence-electron chi connectivity index (χ0n) is 13.8. The van der Waals surface area contributed by atoms with Crippen LogP contribution >= 0.6 is 0 Å². The monoisotopic (exact) mass is 317 g/mol. The molecule has 0 radical (unpaired) electrons. The number of Topliss-reactive ketones (excluding diaryl/α,β-unsaturated/α-hetero) is 1. The van der Waals surface area contributed by atoms with Crippen molar-refractivity contribution in [3.05, 3.63) is 35.4 Å². The Morgan fingerprint density at radius 3 is 2.43 bits per heavy atom. The van der Waals surface area contributed by atoms with E-state index in [9.17, 15) is 14.4 Å². The maximum absolute atomic E-state index is 12.7. The number of hydrogen-bond donors (Lipinski definition) is 2. The predicted molar refractivity (Wildman–Crippen MR) is 85.9 cm³/mol. The van der Waals surface area contributed by atoms with Crippen LogP contribution in [0.3, 0.4) is 0 Å². The van der Waals surface area contributed by atoms with E-state index in [-0.39, 0.29) is 6.54 Å². The molecule has 0 spiro atoms. The molecule has 0 saturated carbocycles. The standard InChI is InChI=1S/C17H23N3O3/c1-4-17(2,3)14(21)16(23)20-10-12-8-6-5-7-11(12)9-13(20)15(22)19-18/h5-8,13H,4,9-10,18H2,1-3H3,(H,19,22). The zero-order chi connectivity index (χ0) is 17.2. The Balaban J connectivity index is 2.36. The smallest absolute Gasteiger partial charge is 0.291 e. The van der Waals surface area contributed by atoms with Gasteiger partial charge < -0.3 is 4.90 Å². The van der Waals surface area contributed by atoms with Gasteiger partial charge in [-0.05, 0) is 17.5 Å². The third-order valence-corrected chi connectivity index (χ3v) is 4.65. The molecule has 1 unspecified atom stereocenters. The van der Waals surface area contributed by atoms with E-state index < -0.39 is 29.1 Å². The molecule has 1 aromatic rings. The molecule has 1 aliphatic rings. The second kappa shape index (κ2) is 6.50. The van der Waals surface area contributed by atoms with Gasteiger partial charge in [0.1, 0.15) is 6.04 Å². The summed E-state index contributed by atoms with van der Waals surface area (Å²) in [6.07, 6.45) is 0.903. The van der Waals surface area contributed by atoms with E-state index in [1.54, 1.807) is 13.8 Å². The molecule has 1 aliphatic heterocycles. The molecule has 0 fully saturated rings. The van der Waals surface area contributed by atoms with E-state index in [1.165, 1.54) is 4.90 Å². The molecule has 2 amide bonds. The second-order valence-electron chi connectivity index (χ2n) is 6.50. The van der Waals surface area contributed by atoms with Crippen LogP contribution in [0.15, 0.2) is 24.3 Å². The molecule has 23 heavy (non-hydrogen) atoms. The topological polar surface area (TPSA) is 92.5 Å². The number of nitrogens with two attached hydrogens (primary N) is 1. The quantitative estimate of drug-likeness (QED) is 0.374. The van der Waals surface area contributed by atoms with Gasteiger partial charge in [0.2, 0.25) is 5.78 Å². The Kier molecular flexibility index (Phi) is 4.85. The van der Waals surface area contributed by atoms with Gasteiger partial charge in [-0.2, -0.15) is 0 Å². The Morgan fingerprint density at radius 2 is 1.87 bits per heavy atom. The molecule has 6 heteroatoms. The number of fused-ring (bicyclic) bond motifs is 1. The fraction of sp³-hybridized carbons (Fsp3) is 0.471. The molecular weight excluding hydrogens is 294 g/mol. The number of ketones is 1. The molecular formula is C17H23N3O3. The second-order valence-corrected chi connectivity index (χ2v) is 6.50. The number of benzene rings is 1. The van der Waals surface area contributed by atoms with Crippen LogP contribution < -0.4 is 11.3 Å². The summed E-state index contributed by atoms with van der Waals surface area (Å²) in [6, 6.07) is 6.83. The summed E-state index contributed by atoms with van der Waals surface area (Å²) in [6.45, 7) is 5.58. The highest BCUT2D eigenvalue weighted by Gasteiger charge is 2.40. The van der Waals surface area contributed by atoms with Crippen LogP contribution in [0.25, 0.3) is 0 Å². The lowest BCUT2D eigenvalue weighted by atomic mass is 9.83. The first-order valence-electron chi connectivity index (χ1n) is 7.74. The third kappa shape index (κ3) is 3.27. The number of carbonyl (C=O) groups is 3. The summed E-state index contributed by atoms with van der Waals surface area (Å²) in [5, 5.41) is 0. The zero-order valence-corrected chi connectivity index (χ0v) is 13.8. The Bertz CT molecular complexity index is 640. The summed E-state index contributed by atoms with van der Waals surface area (Å²) in [5.41, 5.74) is 3.29. The molecule has 0 aliphatic carbocycles. The van der Waals surface area contributed by atoms with Crippen LogP contribution in [0.1, 0.15) is 38.3 Å². The third-order valence-electron chi connectivity index (χ3n) is 4.65. The van der Waals surface area contributed by atoms with Gasteiger partial charge >= 0.3 is 0 Å². The molecule has 124 valence electrons. The molecule has 1 atom stereocenters. The van der Waals surface area contributed by atoms with Crippen LogP contribution in [0.2, 0.25) is 0 Å². The van der Waals surface area contributed by atoms with Gasteiger partial charge in [0.15, 0.2) is 0 Å². The first kappa shape index (κ1) is 17.1. The fourth-order valence-electron chi connectivity index (χ4n) is 2.65. The number of hydrogen-bond acceptors (Lipinski definition) is 4. The van der Waals surface area contributed by atoms with Gasteiger partial charge in [0.05, 0.1) is 0 Å². The normalized spacial score (nSPS) is 17.4. The minimum Gasteiger partial charge on any atom is -0.319 e. The van der Waals surface area contributed by atoms with E-state index in [0.29, 0.717) is 12.8 Å². The highest BCUT2D eigenvalue weighted by molar-refractivity contribution is 6.38. The van der Waals surface area contributed by atoms with Crippen LogP contribution in [0.5, 0.6) is 0 Å². The SMILES string of the molecule is CCC(C)(C)C(=O)C(=O)N1Cc2ccccc2CC1C(=O)NN. The van der Waals surface area contributed by atoms with Crippen LogP contribution in [-0.2, 0) is 27.3 Å². The van der Waals surface area contributed by atoms with Crippen LogP contribution in [0, 0.1) is 5.41 Å². The molecule has 6 nitrogen and oxygen atoms in total. The van der Waals surface area contributed by atoms with Gasteiger partial charge in [0.25, 0.3) is 11.8 Å². The summed E-state index contributed by atoms with van der Waals surface area (Å²) in [4.78, 5) is 38.6. The lowest BCUT2D eigenvalue weighted by molar-refractivity contribution is -0.153. The van der Waals surface area contributed by atoms with Gasteiger partial charge in [-0.3, -0.25) is 19.8 Å². The summed E-state index contributed by atoms with van der Waals surface area (Å²) in [7, 11) is 0. The molecule has 2 rings (SSSR count). The first-order chi connectivity index (χ1) is 10.8. The first-order valence-corrected chi connectivity index (χ1v) is 7.74. The van der Waals surface area contributed by atoms with E-state index >= 15 is 0 Å². The number of rotatable bonds is 4. The van der Waals surface area contributed by atoms with Crippen LogP contribution in [-0.4, -0.2) is 28.5 Å². The maximum atomic E-state index is 12.7. The van der Waals surface area contributed by atoms with Crippen molar-refractivity contribution in [1.82, 2.24) is 10.3 Å². The lowest BCUT2D eigenvalue weighted by Gasteiger charge is -2.36. The van der Waals surface area contributed by atoms with Crippen molar-refractivity contribution in [2.45, 2.75) is 46.2 Å². The van der Waals surface area contributed by atoms with Crippen molar-refractivity contribution in [3.63, 3.8) is 0 Å². The molecule has 0 bridgehead atoms.